The van der Waals surface area contributed by atoms with Crippen LogP contribution >= 0.6 is 0 Å². The molecule has 1 N–H and O–H groups in total. The van der Waals surface area contributed by atoms with Crippen LogP contribution in [0.15, 0.2) is 60.8 Å². The van der Waals surface area contributed by atoms with Gasteiger partial charge >= 0.3 is 11.8 Å². The highest BCUT2D eigenvalue weighted by Gasteiger charge is 2.22. The second-order valence-corrected chi connectivity index (χ2v) is 6.56. The first-order valence-electron chi connectivity index (χ1n) is 9.01. The van der Waals surface area contributed by atoms with Gasteiger partial charge in [-0.25, -0.2) is 4.79 Å². The van der Waals surface area contributed by atoms with Gasteiger partial charge in [0.15, 0.2) is 6.20 Å². The minimum atomic E-state index is -0.515. The molecule has 0 bridgehead atoms. The van der Waals surface area contributed by atoms with E-state index in [1.165, 1.54) is 12.3 Å². The van der Waals surface area contributed by atoms with Crippen molar-refractivity contribution in [1.82, 2.24) is 9.88 Å². The molecule has 2 heterocycles. The fourth-order valence-electron chi connectivity index (χ4n) is 3.37. The summed E-state index contributed by atoms with van der Waals surface area (Å²) < 4.78 is 0. The molecular weight excluding hydrogens is 358 g/mol. The Morgan fingerprint density at radius 1 is 1.00 bits per heavy atom. The summed E-state index contributed by atoms with van der Waals surface area (Å²) in [7, 11) is 0. The topological polar surface area (TPSA) is 91.6 Å². The maximum absolute atomic E-state index is 12.7. The molecule has 1 aliphatic heterocycles. The second kappa shape index (κ2) is 7.51. The van der Waals surface area contributed by atoms with Crippen LogP contribution in [-0.2, 0) is 0 Å². The minimum absolute atomic E-state index is 0.127. The van der Waals surface area contributed by atoms with Gasteiger partial charge in [0, 0.05) is 37.6 Å². The van der Waals surface area contributed by atoms with Gasteiger partial charge in [-0.3, -0.25) is 0 Å². The van der Waals surface area contributed by atoms with Gasteiger partial charge < -0.3 is 25.2 Å². The summed E-state index contributed by atoms with van der Waals surface area (Å²) in [6.45, 7) is 2.41. The maximum atomic E-state index is 12.7. The van der Waals surface area contributed by atoms with E-state index in [1.807, 2.05) is 42.5 Å². The number of fused-ring (bicyclic) bond motifs is 1. The fraction of sp³-hybridized carbons (Fsp3) is 0.200. The first-order valence-corrected chi connectivity index (χ1v) is 9.01. The summed E-state index contributed by atoms with van der Waals surface area (Å²) in [5, 5.41) is 15.8. The summed E-state index contributed by atoms with van der Waals surface area (Å²) in [5.41, 5.74) is 1.62. The van der Waals surface area contributed by atoms with Crippen LogP contribution in [0.3, 0.4) is 0 Å². The zero-order valence-corrected chi connectivity index (χ0v) is 15.1. The Morgan fingerprint density at radius 3 is 2.46 bits per heavy atom. The molecule has 0 aliphatic carbocycles. The van der Waals surface area contributed by atoms with Crippen LogP contribution in [0, 0.1) is 10.1 Å². The number of nitrogens with zero attached hydrogens (tertiary/aromatic N) is 4. The Bertz CT molecular complexity index is 1010. The predicted molar refractivity (Wildman–Crippen MR) is 108 cm³/mol. The lowest BCUT2D eigenvalue weighted by atomic mass is 10.1. The number of piperazine rings is 1. The average Bonchev–Trinajstić information content (AvgIpc) is 2.74. The highest BCUT2D eigenvalue weighted by Crippen LogP contribution is 2.24. The third kappa shape index (κ3) is 3.57. The van der Waals surface area contributed by atoms with E-state index < -0.39 is 4.92 Å². The van der Waals surface area contributed by atoms with Gasteiger partial charge in [-0.1, -0.05) is 36.4 Å². The molecule has 1 fully saturated rings. The lowest BCUT2D eigenvalue weighted by Gasteiger charge is -2.35. The monoisotopic (exact) mass is 377 g/mol. The van der Waals surface area contributed by atoms with Crippen molar-refractivity contribution < 1.29 is 9.72 Å². The fourth-order valence-corrected chi connectivity index (χ4v) is 3.37. The molecule has 8 heteroatoms. The number of amides is 2. The molecule has 2 amide bonds. The Balaban J connectivity index is 1.39. The zero-order valence-electron chi connectivity index (χ0n) is 15.1. The number of aromatic nitrogens is 1. The number of benzene rings is 2. The Kier molecular flexibility index (Phi) is 4.76. The normalized spacial score (nSPS) is 14.1. The third-order valence-corrected chi connectivity index (χ3v) is 4.88. The van der Waals surface area contributed by atoms with E-state index in [-0.39, 0.29) is 11.8 Å². The van der Waals surface area contributed by atoms with Crippen molar-refractivity contribution in [2.45, 2.75) is 0 Å². The quantitative estimate of drug-likeness (QED) is 0.557. The van der Waals surface area contributed by atoms with E-state index >= 15 is 0 Å². The molecule has 1 aliphatic rings. The molecule has 2 aromatic carbocycles. The molecule has 0 atom stereocenters. The number of rotatable bonds is 3. The number of urea groups is 1. The molecule has 0 spiro atoms. The number of nitro groups is 1. The number of hydrogen-bond acceptors (Lipinski definition) is 5. The molecule has 0 unspecified atom stereocenters. The molecular formula is C20H19N5O3. The van der Waals surface area contributed by atoms with E-state index in [2.05, 4.69) is 15.2 Å². The number of anilines is 2. The van der Waals surface area contributed by atoms with E-state index in [4.69, 9.17) is 0 Å². The van der Waals surface area contributed by atoms with Crippen molar-refractivity contribution in [3.05, 3.63) is 70.9 Å². The summed E-state index contributed by atoms with van der Waals surface area (Å²) in [6, 6.07) is 16.7. The minimum Gasteiger partial charge on any atom is -0.365 e. The lowest BCUT2D eigenvalue weighted by molar-refractivity contribution is -0.389. The van der Waals surface area contributed by atoms with Crippen molar-refractivity contribution in [3.8, 4) is 0 Å². The van der Waals surface area contributed by atoms with Gasteiger partial charge in [0.25, 0.3) is 0 Å². The summed E-state index contributed by atoms with van der Waals surface area (Å²) in [4.78, 5) is 30.6. The standard InChI is InChI=1S/C20H19N5O3/c26-20(22-18-7-3-5-15-4-1-2-6-17(15)18)24-12-10-23(11-13-24)16-8-9-19(21-14-16)25(27)28/h1-9,14H,10-13H2,(H,22,26). The molecule has 0 radical (unpaired) electrons. The van der Waals surface area contributed by atoms with Crippen molar-refractivity contribution >= 4 is 34.0 Å². The van der Waals surface area contributed by atoms with Gasteiger partial charge in [-0.05, 0) is 27.4 Å². The van der Waals surface area contributed by atoms with Crippen LogP contribution in [0.1, 0.15) is 0 Å². The van der Waals surface area contributed by atoms with Crippen LogP contribution in [-0.4, -0.2) is 47.0 Å². The van der Waals surface area contributed by atoms with Gasteiger partial charge in [0.1, 0.15) is 0 Å². The predicted octanol–water partition coefficient (Wildman–Crippen LogP) is 3.50. The molecule has 142 valence electrons. The first kappa shape index (κ1) is 17.7. The Hall–Kier alpha value is -3.68. The van der Waals surface area contributed by atoms with Gasteiger partial charge in [0.2, 0.25) is 0 Å². The van der Waals surface area contributed by atoms with Crippen molar-refractivity contribution in [2.75, 3.05) is 36.4 Å². The number of carbonyl (C=O) groups is 1. The molecule has 0 saturated carbocycles. The second-order valence-electron chi connectivity index (χ2n) is 6.56. The van der Waals surface area contributed by atoms with Gasteiger partial charge in [0.05, 0.1) is 11.4 Å². The van der Waals surface area contributed by atoms with Gasteiger partial charge in [-0.2, -0.15) is 0 Å². The van der Waals surface area contributed by atoms with Crippen molar-refractivity contribution in [1.29, 1.82) is 0 Å². The zero-order chi connectivity index (χ0) is 19.5. The molecule has 4 rings (SSSR count). The molecule has 3 aromatic rings. The smallest absolute Gasteiger partial charge is 0.363 e. The van der Waals surface area contributed by atoms with E-state index in [9.17, 15) is 14.9 Å². The molecule has 1 saturated heterocycles. The highest BCUT2D eigenvalue weighted by molar-refractivity contribution is 6.01. The van der Waals surface area contributed by atoms with E-state index in [0.717, 1.165) is 22.1 Å². The van der Waals surface area contributed by atoms with Crippen LogP contribution in [0.2, 0.25) is 0 Å². The van der Waals surface area contributed by atoms with Crippen molar-refractivity contribution in [3.63, 3.8) is 0 Å². The van der Waals surface area contributed by atoms with Crippen LogP contribution in [0.4, 0.5) is 22.0 Å². The third-order valence-electron chi connectivity index (χ3n) is 4.88. The molecule has 1 aromatic heterocycles. The number of pyridine rings is 1. The summed E-state index contributed by atoms with van der Waals surface area (Å²) in [5.74, 6) is -0.170. The average molecular weight is 377 g/mol. The summed E-state index contributed by atoms with van der Waals surface area (Å²) >= 11 is 0. The van der Waals surface area contributed by atoms with E-state index in [0.29, 0.717) is 26.2 Å². The van der Waals surface area contributed by atoms with Crippen molar-refractivity contribution in [2.24, 2.45) is 0 Å². The van der Waals surface area contributed by atoms with Crippen LogP contribution in [0.25, 0.3) is 10.8 Å². The maximum Gasteiger partial charge on any atom is 0.363 e. The highest BCUT2D eigenvalue weighted by atomic mass is 16.6. The number of hydrogen-bond donors (Lipinski definition) is 1. The van der Waals surface area contributed by atoms with Crippen LogP contribution in [0.5, 0.6) is 0 Å². The molecule has 28 heavy (non-hydrogen) atoms. The molecule has 8 nitrogen and oxygen atoms in total. The SMILES string of the molecule is O=C(Nc1cccc2ccccc12)N1CCN(c2ccc([N+](=O)[O-])nc2)CC1. The summed E-state index contributed by atoms with van der Waals surface area (Å²) in [6.07, 6.45) is 1.50. The number of carbonyl (C=O) groups excluding carboxylic acids is 1. The van der Waals surface area contributed by atoms with E-state index in [1.54, 1.807) is 11.0 Å². The number of nitrogens with one attached hydrogen (secondary N) is 1. The van der Waals surface area contributed by atoms with Crippen LogP contribution < -0.4 is 10.2 Å². The Labute approximate surface area is 161 Å². The van der Waals surface area contributed by atoms with Gasteiger partial charge in [-0.15, -0.1) is 0 Å². The Morgan fingerprint density at radius 2 is 1.75 bits per heavy atom. The largest absolute Gasteiger partial charge is 0.365 e. The first-order chi connectivity index (χ1) is 13.6. The lowest BCUT2D eigenvalue weighted by Crippen LogP contribution is -2.50.